The summed E-state index contributed by atoms with van der Waals surface area (Å²) >= 11 is 1.51. The quantitative estimate of drug-likeness (QED) is 0.906. The average molecular weight is 251 g/mol. The maximum Gasteiger partial charge on any atom is 0.341 e. The van der Waals surface area contributed by atoms with Gasteiger partial charge in [0, 0.05) is 10.8 Å². The number of aromatic nitrogens is 1. The number of carbonyl (C=O) groups is 1. The summed E-state index contributed by atoms with van der Waals surface area (Å²) in [5.41, 5.74) is 0.612. The lowest BCUT2D eigenvalue weighted by Gasteiger charge is -2.00. The molecule has 90 valence electrons. The first-order valence-electron chi connectivity index (χ1n) is 5.30. The predicted octanol–water partition coefficient (Wildman–Crippen LogP) is 3.53. The number of aromatic carboxylic acids is 1. The second-order valence-electron chi connectivity index (χ2n) is 4.14. The Morgan fingerprint density at radius 3 is 2.65 bits per heavy atom. The summed E-state index contributed by atoms with van der Waals surface area (Å²) in [5, 5.41) is 13.2. The van der Waals surface area contributed by atoms with Crippen molar-refractivity contribution in [3.63, 3.8) is 0 Å². The summed E-state index contributed by atoms with van der Waals surface area (Å²) in [6.07, 6.45) is 0. The number of hydrogen-bond acceptors (Lipinski definition) is 4. The Labute approximate surface area is 103 Å². The van der Waals surface area contributed by atoms with Crippen molar-refractivity contribution in [2.75, 3.05) is 0 Å². The highest BCUT2D eigenvalue weighted by molar-refractivity contribution is 7.15. The topological polar surface area (TPSA) is 63.3 Å². The van der Waals surface area contributed by atoms with Crippen LogP contribution in [-0.4, -0.2) is 16.2 Å². The molecule has 2 heterocycles. The molecular weight excluding hydrogens is 238 g/mol. The Balaban J connectivity index is 2.59. The largest absolute Gasteiger partial charge is 0.477 e. The van der Waals surface area contributed by atoms with Gasteiger partial charge in [-0.15, -0.1) is 11.3 Å². The number of nitrogens with zero attached hydrogens (tertiary/aromatic N) is 1. The minimum absolute atomic E-state index is 0.00316. The van der Waals surface area contributed by atoms with Crippen molar-refractivity contribution in [1.82, 2.24) is 5.16 Å². The van der Waals surface area contributed by atoms with Gasteiger partial charge in [-0.25, -0.2) is 4.79 Å². The second-order valence-corrected chi connectivity index (χ2v) is 5.43. The van der Waals surface area contributed by atoms with Crippen molar-refractivity contribution in [2.45, 2.75) is 26.7 Å². The maximum absolute atomic E-state index is 11.3. The number of thiophene rings is 1. The van der Waals surface area contributed by atoms with E-state index in [-0.39, 0.29) is 11.5 Å². The Morgan fingerprint density at radius 1 is 1.47 bits per heavy atom. The van der Waals surface area contributed by atoms with Crippen LogP contribution in [0.4, 0.5) is 0 Å². The summed E-state index contributed by atoms with van der Waals surface area (Å²) in [6, 6.07) is 3.81. The van der Waals surface area contributed by atoms with Crippen molar-refractivity contribution >= 4 is 17.3 Å². The molecule has 0 bridgehead atoms. The molecule has 2 aromatic rings. The molecule has 0 unspecified atom stereocenters. The Bertz CT molecular complexity index is 554. The van der Waals surface area contributed by atoms with Crippen LogP contribution in [0.3, 0.4) is 0 Å². The summed E-state index contributed by atoms with van der Waals surface area (Å²) < 4.78 is 5.16. The van der Waals surface area contributed by atoms with Crippen molar-refractivity contribution in [2.24, 2.45) is 0 Å². The van der Waals surface area contributed by atoms with E-state index in [4.69, 9.17) is 4.52 Å². The zero-order chi connectivity index (χ0) is 12.6. The molecule has 0 aliphatic heterocycles. The third kappa shape index (κ3) is 2.10. The van der Waals surface area contributed by atoms with Gasteiger partial charge in [-0.05, 0) is 19.1 Å². The van der Waals surface area contributed by atoms with E-state index in [2.05, 4.69) is 5.16 Å². The van der Waals surface area contributed by atoms with Gasteiger partial charge in [0.1, 0.15) is 11.3 Å². The average Bonchev–Trinajstić information content (AvgIpc) is 2.82. The minimum Gasteiger partial charge on any atom is -0.477 e. The van der Waals surface area contributed by atoms with Crippen LogP contribution < -0.4 is 0 Å². The van der Waals surface area contributed by atoms with Crippen LogP contribution in [0.2, 0.25) is 0 Å². The van der Waals surface area contributed by atoms with E-state index in [1.54, 1.807) is 0 Å². The van der Waals surface area contributed by atoms with E-state index in [0.29, 0.717) is 11.5 Å². The summed E-state index contributed by atoms with van der Waals surface area (Å²) in [6.45, 7) is 5.74. The molecule has 0 spiro atoms. The highest BCUT2D eigenvalue weighted by Crippen LogP contribution is 2.33. The van der Waals surface area contributed by atoms with Crippen LogP contribution in [0.25, 0.3) is 10.6 Å². The lowest BCUT2D eigenvalue weighted by atomic mass is 10.0. The third-order valence-corrected chi connectivity index (χ3v) is 3.44. The Hall–Kier alpha value is -1.62. The molecule has 2 rings (SSSR count). The van der Waals surface area contributed by atoms with Crippen LogP contribution >= 0.6 is 11.3 Å². The molecule has 4 nitrogen and oxygen atoms in total. The lowest BCUT2D eigenvalue weighted by molar-refractivity contribution is 0.0694. The van der Waals surface area contributed by atoms with Crippen molar-refractivity contribution in [1.29, 1.82) is 0 Å². The van der Waals surface area contributed by atoms with Gasteiger partial charge in [0.05, 0.1) is 4.88 Å². The highest BCUT2D eigenvalue weighted by Gasteiger charge is 2.25. The Kier molecular flexibility index (Phi) is 3.02. The Morgan fingerprint density at radius 2 is 2.18 bits per heavy atom. The number of hydrogen-bond donors (Lipinski definition) is 1. The molecule has 5 heteroatoms. The molecule has 0 atom stereocenters. The molecule has 0 aliphatic carbocycles. The van der Waals surface area contributed by atoms with E-state index in [9.17, 15) is 9.90 Å². The number of carboxylic acids is 1. The fourth-order valence-corrected chi connectivity index (χ4v) is 2.49. The molecule has 0 aromatic carbocycles. The molecular formula is C12H13NO3S. The van der Waals surface area contributed by atoms with E-state index < -0.39 is 5.97 Å². The van der Waals surface area contributed by atoms with E-state index >= 15 is 0 Å². The molecule has 1 N–H and O–H groups in total. The van der Waals surface area contributed by atoms with Gasteiger partial charge in [-0.3, -0.25) is 0 Å². The smallest absolute Gasteiger partial charge is 0.341 e. The first-order valence-corrected chi connectivity index (χ1v) is 6.12. The molecule has 0 amide bonds. The van der Waals surface area contributed by atoms with Gasteiger partial charge in [0.2, 0.25) is 0 Å². The van der Waals surface area contributed by atoms with E-state index in [1.165, 1.54) is 11.3 Å². The van der Waals surface area contributed by atoms with Crippen LogP contribution in [0.1, 0.15) is 40.8 Å². The van der Waals surface area contributed by atoms with Crippen LogP contribution in [0.15, 0.2) is 16.7 Å². The highest BCUT2D eigenvalue weighted by atomic mass is 32.1. The second kappa shape index (κ2) is 4.33. The summed E-state index contributed by atoms with van der Waals surface area (Å²) in [7, 11) is 0. The van der Waals surface area contributed by atoms with Crippen LogP contribution in [-0.2, 0) is 0 Å². The van der Waals surface area contributed by atoms with Gasteiger partial charge in [0.15, 0.2) is 5.76 Å². The molecule has 0 aliphatic rings. The number of aryl methyl sites for hydroxylation is 1. The zero-order valence-corrected chi connectivity index (χ0v) is 10.7. The van der Waals surface area contributed by atoms with Crippen LogP contribution in [0, 0.1) is 6.92 Å². The molecule has 17 heavy (non-hydrogen) atoms. The van der Waals surface area contributed by atoms with Gasteiger partial charge in [-0.1, -0.05) is 19.0 Å². The third-order valence-electron chi connectivity index (χ3n) is 2.43. The van der Waals surface area contributed by atoms with Crippen molar-refractivity contribution in [3.8, 4) is 10.6 Å². The number of rotatable bonds is 3. The fraction of sp³-hybridized carbons (Fsp3) is 0.333. The normalized spacial score (nSPS) is 11.1. The van der Waals surface area contributed by atoms with Crippen molar-refractivity contribution < 1.29 is 14.4 Å². The molecule has 0 saturated carbocycles. The molecule has 0 radical (unpaired) electrons. The van der Waals surface area contributed by atoms with Crippen LogP contribution in [0.5, 0.6) is 0 Å². The predicted molar refractivity (Wildman–Crippen MR) is 65.6 cm³/mol. The van der Waals surface area contributed by atoms with E-state index in [1.807, 2.05) is 32.9 Å². The standard InChI is InChI=1S/C12H13NO3S/c1-6(2)11-9(12(14)15)10(13-16-11)8-5-4-7(3)17-8/h4-6H,1-3H3,(H,14,15). The van der Waals surface area contributed by atoms with Gasteiger partial charge < -0.3 is 9.63 Å². The number of carboxylic acid groups (broad SMARTS) is 1. The molecule has 2 aromatic heterocycles. The summed E-state index contributed by atoms with van der Waals surface area (Å²) in [5.74, 6) is -0.557. The van der Waals surface area contributed by atoms with Crippen molar-refractivity contribution in [3.05, 3.63) is 28.3 Å². The SMILES string of the molecule is Cc1ccc(-c2noc(C(C)C)c2C(=O)O)s1. The fourth-order valence-electron chi connectivity index (χ4n) is 1.63. The minimum atomic E-state index is -0.990. The summed E-state index contributed by atoms with van der Waals surface area (Å²) in [4.78, 5) is 13.2. The first kappa shape index (κ1) is 11.9. The monoisotopic (exact) mass is 251 g/mol. The van der Waals surface area contributed by atoms with Gasteiger partial charge in [0.25, 0.3) is 0 Å². The van der Waals surface area contributed by atoms with Gasteiger partial charge in [-0.2, -0.15) is 0 Å². The zero-order valence-electron chi connectivity index (χ0n) is 9.85. The maximum atomic E-state index is 11.3. The molecule has 0 saturated heterocycles. The first-order chi connectivity index (χ1) is 8.00. The van der Waals surface area contributed by atoms with Gasteiger partial charge >= 0.3 is 5.97 Å². The van der Waals surface area contributed by atoms with E-state index in [0.717, 1.165) is 9.75 Å². The molecule has 0 fully saturated rings. The lowest BCUT2D eigenvalue weighted by Crippen LogP contribution is -2.02.